The van der Waals surface area contributed by atoms with Gasteiger partial charge < -0.3 is 10.6 Å². The summed E-state index contributed by atoms with van der Waals surface area (Å²) in [4.78, 5) is 16.3. The predicted octanol–water partition coefficient (Wildman–Crippen LogP) is 3.43. The fraction of sp³-hybridized carbons (Fsp3) is 0.500. The van der Waals surface area contributed by atoms with Gasteiger partial charge in [0.2, 0.25) is 0 Å². The maximum absolute atomic E-state index is 12.8. The summed E-state index contributed by atoms with van der Waals surface area (Å²) in [7, 11) is 1.51. The highest BCUT2D eigenvalue weighted by molar-refractivity contribution is 7.09. The van der Waals surface area contributed by atoms with Crippen molar-refractivity contribution in [2.75, 3.05) is 5.32 Å². The molecule has 126 valence electrons. The molecule has 0 unspecified atom stereocenters. The summed E-state index contributed by atoms with van der Waals surface area (Å²) in [5.41, 5.74) is 0.225. The third-order valence-corrected chi connectivity index (χ3v) is 4.25. The minimum Gasteiger partial charge on any atom is -0.332 e. The Hall–Kier alpha value is -2.03. The van der Waals surface area contributed by atoms with Gasteiger partial charge in [-0.25, -0.2) is 18.6 Å². The van der Waals surface area contributed by atoms with Crippen LogP contribution in [-0.4, -0.2) is 20.8 Å². The van der Waals surface area contributed by atoms with Crippen molar-refractivity contribution in [1.29, 1.82) is 0 Å². The van der Waals surface area contributed by atoms with Crippen LogP contribution in [0.2, 0.25) is 0 Å². The van der Waals surface area contributed by atoms with Gasteiger partial charge in [0.05, 0.1) is 22.9 Å². The summed E-state index contributed by atoms with van der Waals surface area (Å²) in [5, 5.41) is 11.5. The Labute approximate surface area is 136 Å². The molecular formula is C14H19F2N5OS. The zero-order chi connectivity index (χ0) is 17.2. The summed E-state index contributed by atoms with van der Waals surface area (Å²) in [5.74, 6) is 0. The van der Waals surface area contributed by atoms with Crippen molar-refractivity contribution in [3.05, 3.63) is 28.0 Å². The van der Waals surface area contributed by atoms with E-state index in [1.807, 2.05) is 5.38 Å². The number of thiazole rings is 1. The van der Waals surface area contributed by atoms with E-state index in [0.717, 1.165) is 10.7 Å². The number of anilines is 1. The van der Waals surface area contributed by atoms with Gasteiger partial charge in [-0.2, -0.15) is 5.10 Å². The van der Waals surface area contributed by atoms with E-state index in [4.69, 9.17) is 0 Å². The molecule has 0 aromatic carbocycles. The van der Waals surface area contributed by atoms with Crippen LogP contribution in [0.4, 0.5) is 19.3 Å². The molecular weight excluding hydrogens is 324 g/mol. The molecule has 2 aromatic heterocycles. The summed E-state index contributed by atoms with van der Waals surface area (Å²) in [6, 6.07) is -0.579. The molecule has 0 saturated heterocycles. The second kappa shape index (κ2) is 6.61. The molecule has 23 heavy (non-hydrogen) atoms. The highest BCUT2D eigenvalue weighted by Crippen LogP contribution is 2.26. The number of aryl methyl sites for hydroxylation is 1. The van der Waals surface area contributed by atoms with Crippen LogP contribution in [0.3, 0.4) is 0 Å². The van der Waals surface area contributed by atoms with Crippen molar-refractivity contribution in [1.82, 2.24) is 20.1 Å². The molecule has 0 aliphatic rings. The van der Waals surface area contributed by atoms with Gasteiger partial charge in [-0.05, 0) is 0 Å². The summed E-state index contributed by atoms with van der Waals surface area (Å²) < 4.78 is 26.8. The summed E-state index contributed by atoms with van der Waals surface area (Å²) >= 11 is 1.53. The highest BCUT2D eigenvalue weighted by Gasteiger charge is 2.20. The molecule has 0 saturated carbocycles. The predicted molar refractivity (Wildman–Crippen MR) is 84.8 cm³/mol. The lowest BCUT2D eigenvalue weighted by Gasteiger charge is -2.13. The van der Waals surface area contributed by atoms with Gasteiger partial charge >= 0.3 is 6.03 Å². The second-order valence-corrected chi connectivity index (χ2v) is 6.96. The summed E-state index contributed by atoms with van der Waals surface area (Å²) in [6.45, 7) is 6.40. The van der Waals surface area contributed by atoms with Crippen molar-refractivity contribution in [3.63, 3.8) is 0 Å². The van der Waals surface area contributed by atoms with E-state index in [1.54, 1.807) is 0 Å². The SMILES string of the molecule is Cn1cc(NC(=O)NCc2csc(C(C)(C)C)n2)c(C(F)F)n1. The molecule has 2 aromatic rings. The third-order valence-electron chi connectivity index (χ3n) is 2.94. The number of halogens is 2. The molecule has 0 spiro atoms. The molecule has 2 rings (SSSR count). The number of nitrogens with one attached hydrogen (secondary N) is 2. The quantitative estimate of drug-likeness (QED) is 0.893. The second-order valence-electron chi connectivity index (χ2n) is 6.10. The first-order chi connectivity index (χ1) is 10.7. The van der Waals surface area contributed by atoms with E-state index in [-0.39, 0.29) is 17.6 Å². The molecule has 0 radical (unpaired) electrons. The molecule has 0 atom stereocenters. The molecule has 2 N–H and O–H groups in total. The zero-order valence-corrected chi connectivity index (χ0v) is 14.2. The first-order valence-corrected chi connectivity index (χ1v) is 7.86. The average Bonchev–Trinajstić information content (AvgIpc) is 3.02. The molecule has 2 heterocycles. The topological polar surface area (TPSA) is 71.8 Å². The van der Waals surface area contributed by atoms with Crippen LogP contribution in [0.5, 0.6) is 0 Å². The van der Waals surface area contributed by atoms with Gasteiger partial charge in [-0.1, -0.05) is 20.8 Å². The largest absolute Gasteiger partial charge is 0.332 e. The van der Waals surface area contributed by atoms with Gasteiger partial charge in [0.1, 0.15) is 0 Å². The Bertz CT molecular complexity index is 690. The summed E-state index contributed by atoms with van der Waals surface area (Å²) in [6.07, 6.45) is -1.42. The van der Waals surface area contributed by atoms with E-state index in [1.165, 1.54) is 29.3 Å². The first-order valence-electron chi connectivity index (χ1n) is 6.98. The molecule has 9 heteroatoms. The van der Waals surface area contributed by atoms with Crippen molar-refractivity contribution in [2.45, 2.75) is 39.2 Å². The van der Waals surface area contributed by atoms with E-state index < -0.39 is 18.2 Å². The number of carbonyl (C=O) groups excluding carboxylic acids is 1. The van der Waals surface area contributed by atoms with Crippen molar-refractivity contribution < 1.29 is 13.6 Å². The minimum atomic E-state index is -2.75. The van der Waals surface area contributed by atoms with Crippen LogP contribution in [-0.2, 0) is 19.0 Å². The Balaban J connectivity index is 1.94. The number of rotatable bonds is 4. The van der Waals surface area contributed by atoms with Crippen molar-refractivity contribution >= 4 is 23.1 Å². The van der Waals surface area contributed by atoms with Crippen LogP contribution in [0.25, 0.3) is 0 Å². The zero-order valence-electron chi connectivity index (χ0n) is 13.4. The fourth-order valence-electron chi connectivity index (χ4n) is 1.83. The Morgan fingerprint density at radius 3 is 2.70 bits per heavy atom. The number of urea groups is 1. The van der Waals surface area contributed by atoms with Gasteiger partial charge in [-0.15, -0.1) is 11.3 Å². The maximum Gasteiger partial charge on any atom is 0.319 e. The van der Waals surface area contributed by atoms with Crippen LogP contribution in [0.1, 0.15) is 43.6 Å². The van der Waals surface area contributed by atoms with E-state index in [2.05, 4.69) is 41.5 Å². The molecule has 0 fully saturated rings. The Morgan fingerprint density at radius 1 is 1.43 bits per heavy atom. The molecule has 0 bridgehead atoms. The normalized spacial score (nSPS) is 11.8. The average molecular weight is 343 g/mol. The van der Waals surface area contributed by atoms with Crippen LogP contribution in [0, 0.1) is 0 Å². The standard InChI is InChI=1S/C14H19F2N5OS/c1-14(2,3)12-18-8(7-23-12)5-17-13(22)19-9-6-21(4)20-10(9)11(15)16/h6-7,11H,5H2,1-4H3,(H2,17,19,22). The highest BCUT2D eigenvalue weighted by atomic mass is 32.1. The lowest BCUT2D eigenvalue weighted by atomic mass is 9.98. The van der Waals surface area contributed by atoms with Crippen LogP contribution in [0.15, 0.2) is 11.6 Å². The van der Waals surface area contributed by atoms with E-state index in [0.29, 0.717) is 0 Å². The van der Waals surface area contributed by atoms with Gasteiger partial charge in [-0.3, -0.25) is 4.68 Å². The maximum atomic E-state index is 12.8. The molecule has 6 nitrogen and oxygen atoms in total. The molecule has 0 aliphatic heterocycles. The van der Waals surface area contributed by atoms with E-state index in [9.17, 15) is 13.6 Å². The van der Waals surface area contributed by atoms with Crippen molar-refractivity contribution in [3.8, 4) is 0 Å². The molecule has 0 aliphatic carbocycles. The smallest absolute Gasteiger partial charge is 0.319 e. The molecule has 2 amide bonds. The van der Waals surface area contributed by atoms with Crippen LogP contribution >= 0.6 is 11.3 Å². The third kappa shape index (κ3) is 4.47. The minimum absolute atomic E-state index is 0.00587. The Kier molecular flexibility index (Phi) is 4.98. The lowest BCUT2D eigenvalue weighted by Crippen LogP contribution is -2.28. The number of carbonyl (C=O) groups is 1. The number of amides is 2. The van der Waals surface area contributed by atoms with Crippen LogP contribution < -0.4 is 10.6 Å². The fourth-order valence-corrected chi connectivity index (χ4v) is 2.74. The van der Waals surface area contributed by atoms with Crippen molar-refractivity contribution in [2.24, 2.45) is 7.05 Å². The number of hydrogen-bond acceptors (Lipinski definition) is 4. The van der Waals surface area contributed by atoms with E-state index >= 15 is 0 Å². The number of alkyl halides is 2. The number of nitrogens with zero attached hydrogens (tertiary/aromatic N) is 3. The lowest BCUT2D eigenvalue weighted by molar-refractivity contribution is 0.146. The number of hydrogen-bond donors (Lipinski definition) is 2. The van der Waals surface area contributed by atoms with Gasteiger partial charge in [0.15, 0.2) is 5.69 Å². The first kappa shape index (κ1) is 17.3. The van der Waals surface area contributed by atoms with Gasteiger partial charge in [0, 0.05) is 24.0 Å². The number of aromatic nitrogens is 3. The van der Waals surface area contributed by atoms with Gasteiger partial charge in [0.25, 0.3) is 6.43 Å². The Morgan fingerprint density at radius 2 is 2.13 bits per heavy atom. The monoisotopic (exact) mass is 343 g/mol.